The second kappa shape index (κ2) is 12.1. The van der Waals surface area contributed by atoms with Gasteiger partial charge in [0.1, 0.15) is 24.0 Å². The van der Waals surface area contributed by atoms with E-state index in [1.165, 1.54) is 18.2 Å². The molecule has 3 rings (SSSR count). The summed E-state index contributed by atoms with van der Waals surface area (Å²) < 4.78 is 29.9. The maximum atomic E-state index is 14.0. The van der Waals surface area contributed by atoms with Gasteiger partial charge in [0, 0.05) is 38.3 Å². The molecule has 1 unspecified atom stereocenters. The zero-order valence-corrected chi connectivity index (χ0v) is 20.3. The Morgan fingerprint density at radius 1 is 1.32 bits per heavy atom. The molecule has 1 aromatic carbocycles. The van der Waals surface area contributed by atoms with Gasteiger partial charge in [-0.05, 0) is 38.4 Å². The largest absolute Gasteiger partial charge is 0.353 e. The summed E-state index contributed by atoms with van der Waals surface area (Å²) in [5, 5.41) is 14.9. The zero-order chi connectivity index (χ0) is 21.5. The lowest BCUT2D eigenvalue weighted by Gasteiger charge is -2.34. The van der Waals surface area contributed by atoms with Gasteiger partial charge in [-0.25, -0.2) is 13.8 Å². The number of aliphatic imine (C=N–C) groups is 1. The third kappa shape index (κ3) is 6.96. The van der Waals surface area contributed by atoms with E-state index in [4.69, 9.17) is 0 Å². The molecular weight excluding hydrogens is 515 g/mol. The number of piperidine rings is 1. The van der Waals surface area contributed by atoms with Gasteiger partial charge in [0.2, 0.25) is 0 Å². The third-order valence-corrected chi connectivity index (χ3v) is 5.26. The number of benzene rings is 1. The van der Waals surface area contributed by atoms with E-state index in [1.54, 1.807) is 6.08 Å². The van der Waals surface area contributed by atoms with Crippen LogP contribution in [-0.2, 0) is 20.1 Å². The summed E-state index contributed by atoms with van der Waals surface area (Å²) in [7, 11) is 1.91. The van der Waals surface area contributed by atoms with E-state index in [1.807, 2.05) is 18.5 Å². The Morgan fingerprint density at radius 3 is 2.71 bits per heavy atom. The van der Waals surface area contributed by atoms with E-state index in [0.29, 0.717) is 25.6 Å². The Labute approximate surface area is 199 Å². The van der Waals surface area contributed by atoms with E-state index in [0.717, 1.165) is 31.0 Å². The van der Waals surface area contributed by atoms with Crippen LogP contribution in [0, 0.1) is 18.6 Å². The first kappa shape index (κ1) is 25.2. The normalized spacial score (nSPS) is 17.2. The predicted molar refractivity (Wildman–Crippen MR) is 128 cm³/mol. The van der Waals surface area contributed by atoms with Crippen molar-refractivity contribution in [3.05, 3.63) is 59.7 Å². The number of hydrogen-bond acceptors (Lipinski definition) is 4. The van der Waals surface area contributed by atoms with Gasteiger partial charge in [0.05, 0.1) is 0 Å². The Balaban J connectivity index is 0.00000341. The highest BCUT2D eigenvalue weighted by molar-refractivity contribution is 14.0. The van der Waals surface area contributed by atoms with Gasteiger partial charge in [-0.2, -0.15) is 0 Å². The van der Waals surface area contributed by atoms with Crippen molar-refractivity contribution >= 4 is 29.9 Å². The van der Waals surface area contributed by atoms with Crippen LogP contribution >= 0.6 is 24.0 Å². The molecule has 2 aromatic rings. The van der Waals surface area contributed by atoms with Gasteiger partial charge < -0.3 is 15.2 Å². The van der Waals surface area contributed by atoms with Crippen LogP contribution in [0.2, 0.25) is 0 Å². The molecule has 10 heteroatoms. The smallest absolute Gasteiger partial charge is 0.192 e. The first-order chi connectivity index (χ1) is 14.5. The molecule has 170 valence electrons. The molecule has 0 saturated carbocycles. The second-order valence-electron chi connectivity index (χ2n) is 7.48. The number of nitrogens with one attached hydrogen (secondary N) is 2. The molecular formula is C21H30F2IN7. The number of nitrogens with zero attached hydrogens (tertiary/aromatic N) is 5. The topological polar surface area (TPSA) is 70.4 Å². The fourth-order valence-electron chi connectivity index (χ4n) is 3.48. The summed E-state index contributed by atoms with van der Waals surface area (Å²) >= 11 is 0. The minimum Gasteiger partial charge on any atom is -0.353 e. The second-order valence-corrected chi connectivity index (χ2v) is 7.48. The number of hydrogen-bond donors (Lipinski definition) is 2. The van der Waals surface area contributed by atoms with E-state index >= 15 is 0 Å². The zero-order valence-electron chi connectivity index (χ0n) is 17.9. The lowest BCUT2D eigenvalue weighted by Crippen LogP contribution is -2.51. The Morgan fingerprint density at radius 2 is 2.06 bits per heavy atom. The standard InChI is InChI=1S/C21H29F2N7.HI/c1-4-10-24-21(25-12-20-28-27-15(2)29(20)3)26-16-7-6-11-30(13-16)14-17-18(22)8-5-9-19(17)23;/h4-5,8-9,16H,1,6-7,10-14H2,2-3H3,(H2,24,25,26);1H. The number of rotatable bonds is 7. The Hall–Kier alpha value is -2.08. The highest BCUT2D eigenvalue weighted by Crippen LogP contribution is 2.18. The van der Waals surface area contributed by atoms with E-state index < -0.39 is 11.6 Å². The van der Waals surface area contributed by atoms with Crippen molar-refractivity contribution in [2.24, 2.45) is 12.0 Å². The summed E-state index contributed by atoms with van der Waals surface area (Å²) in [5.41, 5.74) is 0.120. The number of likely N-dealkylation sites (tertiary alicyclic amines) is 1. The molecule has 1 aromatic heterocycles. The van der Waals surface area contributed by atoms with Gasteiger partial charge in [0.15, 0.2) is 11.8 Å². The number of aromatic nitrogens is 3. The van der Waals surface area contributed by atoms with Crippen LogP contribution in [0.15, 0.2) is 35.8 Å². The molecule has 0 bridgehead atoms. The van der Waals surface area contributed by atoms with Crippen molar-refractivity contribution in [2.75, 3.05) is 19.6 Å². The minimum absolute atomic E-state index is 0. The maximum absolute atomic E-state index is 14.0. The van der Waals surface area contributed by atoms with Crippen molar-refractivity contribution in [1.29, 1.82) is 0 Å². The maximum Gasteiger partial charge on any atom is 0.192 e. The number of halogens is 3. The SMILES string of the molecule is C=CCNC(=NCc1nnc(C)n1C)NC1CCCN(Cc2c(F)cccc2F)C1.I. The Kier molecular flexibility index (Phi) is 9.82. The molecule has 2 N–H and O–H groups in total. The van der Waals surface area contributed by atoms with E-state index in [2.05, 4.69) is 37.3 Å². The van der Waals surface area contributed by atoms with Crippen molar-refractivity contribution < 1.29 is 8.78 Å². The van der Waals surface area contributed by atoms with Gasteiger partial charge in [-0.15, -0.1) is 40.8 Å². The van der Waals surface area contributed by atoms with Crippen molar-refractivity contribution in [3.8, 4) is 0 Å². The summed E-state index contributed by atoms with van der Waals surface area (Å²) in [6, 6.07) is 4.11. The van der Waals surface area contributed by atoms with Crippen molar-refractivity contribution in [3.63, 3.8) is 0 Å². The molecule has 1 aliphatic heterocycles. The summed E-state index contributed by atoms with van der Waals surface area (Å²) in [4.78, 5) is 6.69. The molecule has 0 aliphatic carbocycles. The van der Waals surface area contributed by atoms with Crippen molar-refractivity contribution in [2.45, 2.75) is 38.9 Å². The lowest BCUT2D eigenvalue weighted by atomic mass is 10.0. The number of aryl methyl sites for hydroxylation is 1. The number of guanidine groups is 1. The van der Waals surface area contributed by atoms with Crippen molar-refractivity contribution in [1.82, 2.24) is 30.3 Å². The highest BCUT2D eigenvalue weighted by Gasteiger charge is 2.23. The molecule has 1 saturated heterocycles. The average molecular weight is 545 g/mol. The fraction of sp³-hybridized carbons (Fsp3) is 0.476. The van der Waals surface area contributed by atoms with Gasteiger partial charge in [0.25, 0.3) is 0 Å². The molecule has 7 nitrogen and oxygen atoms in total. The predicted octanol–water partition coefficient (Wildman–Crippen LogP) is 2.91. The van der Waals surface area contributed by atoms with Crippen LogP contribution in [0.3, 0.4) is 0 Å². The van der Waals surface area contributed by atoms with Crippen LogP contribution < -0.4 is 10.6 Å². The molecule has 1 aliphatic rings. The molecule has 0 amide bonds. The quantitative estimate of drug-likeness (QED) is 0.243. The van der Waals surface area contributed by atoms with Gasteiger partial charge in [-0.1, -0.05) is 12.1 Å². The Bertz CT molecular complexity index is 880. The van der Waals surface area contributed by atoms with Gasteiger partial charge in [-0.3, -0.25) is 4.90 Å². The molecule has 0 spiro atoms. The van der Waals surface area contributed by atoms with Crippen LogP contribution in [0.1, 0.15) is 30.1 Å². The van der Waals surface area contributed by atoms with E-state index in [9.17, 15) is 8.78 Å². The fourth-order valence-corrected chi connectivity index (χ4v) is 3.48. The molecule has 2 heterocycles. The third-order valence-electron chi connectivity index (χ3n) is 5.26. The van der Waals surface area contributed by atoms with Crippen LogP contribution in [-0.4, -0.2) is 51.3 Å². The van der Waals surface area contributed by atoms with Crippen LogP contribution in [0.25, 0.3) is 0 Å². The van der Waals surface area contributed by atoms with Crippen LogP contribution in [0.4, 0.5) is 8.78 Å². The highest BCUT2D eigenvalue weighted by atomic mass is 127. The molecule has 0 radical (unpaired) electrons. The molecule has 1 atom stereocenters. The lowest BCUT2D eigenvalue weighted by molar-refractivity contribution is 0.188. The summed E-state index contributed by atoms with van der Waals surface area (Å²) in [6.07, 6.45) is 3.65. The molecule has 1 fully saturated rings. The van der Waals surface area contributed by atoms with Gasteiger partial charge >= 0.3 is 0 Å². The monoisotopic (exact) mass is 545 g/mol. The average Bonchev–Trinajstić information content (AvgIpc) is 3.05. The summed E-state index contributed by atoms with van der Waals surface area (Å²) in [6.45, 7) is 8.32. The minimum atomic E-state index is -0.501. The van der Waals surface area contributed by atoms with Crippen LogP contribution in [0.5, 0.6) is 0 Å². The first-order valence-electron chi connectivity index (χ1n) is 10.1. The first-order valence-corrected chi connectivity index (χ1v) is 10.1. The molecule has 31 heavy (non-hydrogen) atoms. The van der Waals surface area contributed by atoms with E-state index in [-0.39, 0.29) is 42.1 Å². The summed E-state index contributed by atoms with van der Waals surface area (Å²) in [5.74, 6) is 1.25.